The molecule has 0 radical (unpaired) electrons. The van der Waals surface area contributed by atoms with E-state index < -0.39 is 0 Å². The molecule has 0 unspecified atom stereocenters. The smallest absolute Gasteiger partial charge is 0.260 e. The average Bonchev–Trinajstić information content (AvgIpc) is 2.63. The van der Waals surface area contributed by atoms with Gasteiger partial charge in [0, 0.05) is 24.7 Å². The summed E-state index contributed by atoms with van der Waals surface area (Å²) in [5.74, 6) is -0.408. The second-order valence-electron chi connectivity index (χ2n) is 3.32. The van der Waals surface area contributed by atoms with Crippen molar-refractivity contribution in [3.63, 3.8) is 0 Å². The van der Waals surface area contributed by atoms with Gasteiger partial charge < -0.3 is 0 Å². The molecule has 15 heavy (non-hydrogen) atoms. The summed E-state index contributed by atoms with van der Waals surface area (Å²) in [7, 11) is 0. The van der Waals surface area contributed by atoms with Gasteiger partial charge in [0.25, 0.3) is 5.91 Å². The van der Waals surface area contributed by atoms with Gasteiger partial charge in [-0.3, -0.25) is 14.5 Å². The summed E-state index contributed by atoms with van der Waals surface area (Å²) in [6.07, 6.45) is 2.64. The van der Waals surface area contributed by atoms with Gasteiger partial charge in [-0.25, -0.2) is 4.98 Å². The van der Waals surface area contributed by atoms with Crippen LogP contribution < -0.4 is 0 Å². The van der Waals surface area contributed by atoms with E-state index in [1.165, 1.54) is 17.2 Å². The highest BCUT2D eigenvalue weighted by atomic mass is 35.5. The van der Waals surface area contributed by atoms with Crippen LogP contribution in [-0.4, -0.2) is 28.2 Å². The topological polar surface area (TPSA) is 50.3 Å². The third-order valence-electron chi connectivity index (χ3n) is 2.29. The zero-order valence-corrected chi connectivity index (χ0v) is 8.70. The fourth-order valence-electron chi connectivity index (χ4n) is 1.55. The Bertz CT molecular complexity index is 420. The van der Waals surface area contributed by atoms with E-state index in [1.54, 1.807) is 6.07 Å². The molecule has 1 saturated heterocycles. The minimum Gasteiger partial charge on any atom is -0.279 e. The largest absolute Gasteiger partial charge is 0.279 e. The first-order valence-electron chi connectivity index (χ1n) is 4.65. The predicted molar refractivity (Wildman–Crippen MR) is 54.5 cm³/mol. The molecule has 0 spiro atoms. The Morgan fingerprint density at radius 2 is 2.33 bits per heavy atom. The highest BCUT2D eigenvalue weighted by Crippen LogP contribution is 2.15. The molecular formula is C10H9ClN2O2. The summed E-state index contributed by atoms with van der Waals surface area (Å²) in [4.78, 5) is 28.2. The number of carbonyl (C=O) groups is 2. The highest BCUT2D eigenvalue weighted by Gasteiger charge is 2.27. The Morgan fingerprint density at radius 1 is 1.53 bits per heavy atom. The Morgan fingerprint density at radius 3 is 2.93 bits per heavy atom. The first-order valence-corrected chi connectivity index (χ1v) is 5.02. The molecule has 2 amide bonds. The molecule has 1 aromatic heterocycles. The van der Waals surface area contributed by atoms with Crippen molar-refractivity contribution in [3.05, 3.63) is 29.0 Å². The van der Waals surface area contributed by atoms with Crippen LogP contribution >= 0.6 is 11.6 Å². The number of halogens is 1. The summed E-state index contributed by atoms with van der Waals surface area (Å²) in [5, 5.41) is 0.257. The van der Waals surface area contributed by atoms with Gasteiger partial charge in [0.15, 0.2) is 0 Å². The standard InChI is InChI=1S/C10H9ClN2O2/c11-8-6-7(3-4-12-8)10(15)13-5-1-2-9(13)14/h3-4,6H,1-2,5H2. The van der Waals surface area contributed by atoms with Crippen LogP contribution in [0.1, 0.15) is 23.2 Å². The van der Waals surface area contributed by atoms with E-state index in [-0.39, 0.29) is 17.0 Å². The third kappa shape index (κ3) is 1.99. The third-order valence-corrected chi connectivity index (χ3v) is 2.50. The summed E-state index contributed by atoms with van der Waals surface area (Å²) in [6, 6.07) is 3.02. The van der Waals surface area contributed by atoms with Crippen LogP contribution in [0, 0.1) is 0 Å². The summed E-state index contributed by atoms with van der Waals surface area (Å²) < 4.78 is 0. The maximum absolute atomic E-state index is 11.8. The van der Waals surface area contributed by atoms with Gasteiger partial charge in [-0.05, 0) is 18.6 Å². The van der Waals surface area contributed by atoms with Gasteiger partial charge in [-0.15, -0.1) is 0 Å². The number of imide groups is 1. The molecule has 1 aliphatic heterocycles. The number of aromatic nitrogens is 1. The van der Waals surface area contributed by atoms with E-state index in [2.05, 4.69) is 4.98 Å². The number of amides is 2. The molecule has 1 fully saturated rings. The Kier molecular flexibility index (Phi) is 2.68. The lowest BCUT2D eigenvalue weighted by atomic mass is 10.2. The lowest BCUT2D eigenvalue weighted by molar-refractivity contribution is -0.125. The average molecular weight is 225 g/mol. The Hall–Kier alpha value is -1.42. The van der Waals surface area contributed by atoms with E-state index in [0.29, 0.717) is 18.5 Å². The van der Waals surface area contributed by atoms with E-state index in [1.807, 2.05) is 0 Å². The second-order valence-corrected chi connectivity index (χ2v) is 3.71. The SMILES string of the molecule is O=C1CCCN1C(=O)c1ccnc(Cl)c1. The van der Waals surface area contributed by atoms with Gasteiger partial charge in [0.1, 0.15) is 5.15 Å². The van der Waals surface area contributed by atoms with Gasteiger partial charge >= 0.3 is 0 Å². The molecule has 5 heteroatoms. The number of hydrogen-bond acceptors (Lipinski definition) is 3. The minimum atomic E-state index is -0.290. The van der Waals surface area contributed by atoms with Crippen LogP contribution in [-0.2, 0) is 4.79 Å². The quantitative estimate of drug-likeness (QED) is 0.537. The number of rotatable bonds is 1. The van der Waals surface area contributed by atoms with Crippen molar-refractivity contribution >= 4 is 23.4 Å². The molecule has 1 aliphatic rings. The Labute approximate surface area is 91.9 Å². The summed E-state index contributed by atoms with van der Waals surface area (Å²) in [5.41, 5.74) is 0.408. The molecule has 0 atom stereocenters. The van der Waals surface area contributed by atoms with Crippen LogP contribution in [0.25, 0.3) is 0 Å². The van der Waals surface area contributed by atoms with Crippen LogP contribution in [0.2, 0.25) is 5.15 Å². The van der Waals surface area contributed by atoms with Crippen LogP contribution in [0.4, 0.5) is 0 Å². The highest BCUT2D eigenvalue weighted by molar-refractivity contribution is 6.29. The first-order chi connectivity index (χ1) is 7.18. The molecule has 0 bridgehead atoms. The lowest BCUT2D eigenvalue weighted by Gasteiger charge is -2.12. The van der Waals surface area contributed by atoms with Gasteiger partial charge in [0.05, 0.1) is 0 Å². The molecule has 1 aromatic rings. The first kappa shape index (κ1) is 10.1. The number of hydrogen-bond donors (Lipinski definition) is 0. The lowest BCUT2D eigenvalue weighted by Crippen LogP contribution is -2.31. The van der Waals surface area contributed by atoms with Crippen molar-refractivity contribution in [1.82, 2.24) is 9.88 Å². The molecule has 4 nitrogen and oxygen atoms in total. The number of nitrogens with zero attached hydrogens (tertiary/aromatic N) is 2. The molecule has 0 saturated carbocycles. The molecule has 0 aromatic carbocycles. The molecule has 0 aliphatic carbocycles. The van der Waals surface area contributed by atoms with Gasteiger partial charge in [0.2, 0.25) is 5.91 Å². The van der Waals surface area contributed by atoms with Crippen molar-refractivity contribution in [1.29, 1.82) is 0 Å². The minimum absolute atomic E-state index is 0.118. The molecule has 0 N–H and O–H groups in total. The number of likely N-dealkylation sites (tertiary alicyclic amines) is 1. The second kappa shape index (κ2) is 3.98. The van der Waals surface area contributed by atoms with Gasteiger partial charge in [-0.2, -0.15) is 0 Å². The predicted octanol–water partition coefficient (Wildman–Crippen LogP) is 1.50. The molecular weight excluding hydrogens is 216 g/mol. The fourth-order valence-corrected chi connectivity index (χ4v) is 1.73. The van der Waals surface area contributed by atoms with Crippen molar-refractivity contribution in [3.8, 4) is 0 Å². The maximum Gasteiger partial charge on any atom is 0.260 e. The Balaban J connectivity index is 2.24. The van der Waals surface area contributed by atoms with E-state index in [0.717, 1.165) is 6.42 Å². The van der Waals surface area contributed by atoms with Gasteiger partial charge in [-0.1, -0.05) is 11.6 Å². The van der Waals surface area contributed by atoms with Crippen LogP contribution in [0.5, 0.6) is 0 Å². The summed E-state index contributed by atoms with van der Waals surface area (Å²) in [6.45, 7) is 0.498. The van der Waals surface area contributed by atoms with E-state index in [4.69, 9.17) is 11.6 Å². The zero-order chi connectivity index (χ0) is 10.8. The van der Waals surface area contributed by atoms with Crippen molar-refractivity contribution in [2.24, 2.45) is 0 Å². The fraction of sp³-hybridized carbons (Fsp3) is 0.300. The molecule has 2 rings (SSSR count). The normalized spacial score (nSPS) is 15.8. The maximum atomic E-state index is 11.8. The van der Waals surface area contributed by atoms with Crippen molar-refractivity contribution < 1.29 is 9.59 Å². The van der Waals surface area contributed by atoms with Crippen LogP contribution in [0.3, 0.4) is 0 Å². The number of pyridine rings is 1. The molecule has 2 heterocycles. The monoisotopic (exact) mass is 224 g/mol. The van der Waals surface area contributed by atoms with Crippen molar-refractivity contribution in [2.45, 2.75) is 12.8 Å². The van der Waals surface area contributed by atoms with E-state index in [9.17, 15) is 9.59 Å². The van der Waals surface area contributed by atoms with Crippen molar-refractivity contribution in [2.75, 3.05) is 6.54 Å². The summed E-state index contributed by atoms with van der Waals surface area (Å²) >= 11 is 5.67. The van der Waals surface area contributed by atoms with Crippen LogP contribution in [0.15, 0.2) is 18.3 Å². The number of carbonyl (C=O) groups excluding carboxylic acids is 2. The molecule has 78 valence electrons. The van der Waals surface area contributed by atoms with E-state index >= 15 is 0 Å². The zero-order valence-electron chi connectivity index (χ0n) is 7.94.